The molecule has 0 aliphatic carbocycles. The second-order valence-electron chi connectivity index (χ2n) is 7.20. The molecule has 0 spiro atoms. The number of amides is 4. The molecule has 2 saturated heterocycles. The summed E-state index contributed by atoms with van der Waals surface area (Å²) in [4.78, 5) is 62.9. The van der Waals surface area contributed by atoms with Gasteiger partial charge in [-0.15, -0.1) is 0 Å². The zero-order chi connectivity index (χ0) is 22.0. The third-order valence-corrected chi connectivity index (χ3v) is 5.28. The summed E-state index contributed by atoms with van der Waals surface area (Å²) in [5.74, 6) is -2.98. The fraction of sp³-hybridized carbons (Fsp3) is 0.421. The molecule has 2 fully saturated rings. The van der Waals surface area contributed by atoms with E-state index in [1.165, 1.54) is 6.92 Å². The summed E-state index contributed by atoms with van der Waals surface area (Å²) in [7, 11) is 0. The molecular weight excluding hydrogens is 396 g/mol. The highest BCUT2D eigenvalue weighted by molar-refractivity contribution is 5.99. The number of carbonyl (C=O) groups is 5. The summed E-state index contributed by atoms with van der Waals surface area (Å²) in [6.07, 6.45) is -2.17. The van der Waals surface area contributed by atoms with Crippen molar-refractivity contribution in [1.29, 1.82) is 0 Å². The smallest absolute Gasteiger partial charge is 0.408 e. The van der Waals surface area contributed by atoms with Crippen LogP contribution in [-0.2, 0) is 14.4 Å². The minimum Gasteiger partial charge on any atom is -0.480 e. The van der Waals surface area contributed by atoms with E-state index in [4.69, 9.17) is 5.11 Å². The molecule has 3 rings (SSSR count). The SMILES string of the molecule is CC(NC(=O)C1CCN(C(=O)O)C2CC(NC(=O)c3ccccc3)C(=O)N12)C(=O)O. The van der Waals surface area contributed by atoms with Crippen LogP contribution < -0.4 is 10.6 Å². The maximum Gasteiger partial charge on any atom is 0.408 e. The van der Waals surface area contributed by atoms with Gasteiger partial charge in [0.2, 0.25) is 11.8 Å². The van der Waals surface area contributed by atoms with E-state index in [0.29, 0.717) is 5.56 Å². The van der Waals surface area contributed by atoms with Crippen molar-refractivity contribution in [2.45, 2.75) is 44.1 Å². The third kappa shape index (κ3) is 4.04. The second kappa shape index (κ2) is 8.39. The number of hydrogen-bond acceptors (Lipinski definition) is 5. The van der Waals surface area contributed by atoms with Gasteiger partial charge in [-0.2, -0.15) is 0 Å². The fourth-order valence-corrected chi connectivity index (χ4v) is 3.74. The largest absolute Gasteiger partial charge is 0.480 e. The molecule has 0 aromatic heterocycles. The lowest BCUT2D eigenvalue weighted by atomic mass is 10.1. The molecule has 1 aromatic rings. The highest BCUT2D eigenvalue weighted by atomic mass is 16.4. The molecule has 1 aromatic carbocycles. The number of carboxylic acids is 1. The van der Waals surface area contributed by atoms with Crippen molar-refractivity contribution in [2.24, 2.45) is 0 Å². The predicted molar refractivity (Wildman–Crippen MR) is 101 cm³/mol. The van der Waals surface area contributed by atoms with E-state index in [1.54, 1.807) is 30.3 Å². The Bertz CT molecular complexity index is 875. The first-order chi connectivity index (χ1) is 14.2. The van der Waals surface area contributed by atoms with Crippen LogP contribution in [0.4, 0.5) is 4.79 Å². The van der Waals surface area contributed by atoms with Gasteiger partial charge in [0.25, 0.3) is 5.91 Å². The van der Waals surface area contributed by atoms with Crippen molar-refractivity contribution in [2.75, 3.05) is 6.54 Å². The van der Waals surface area contributed by atoms with E-state index in [1.807, 2.05) is 0 Å². The molecule has 0 saturated carbocycles. The van der Waals surface area contributed by atoms with Crippen molar-refractivity contribution < 1.29 is 34.2 Å². The Morgan fingerprint density at radius 2 is 1.80 bits per heavy atom. The van der Waals surface area contributed by atoms with Crippen molar-refractivity contribution in [1.82, 2.24) is 20.4 Å². The second-order valence-corrected chi connectivity index (χ2v) is 7.20. The van der Waals surface area contributed by atoms with E-state index in [-0.39, 0.29) is 19.4 Å². The molecule has 0 bridgehead atoms. The number of carbonyl (C=O) groups excluding carboxylic acids is 3. The van der Waals surface area contributed by atoms with Crippen LogP contribution in [0.25, 0.3) is 0 Å². The molecule has 4 atom stereocenters. The Morgan fingerprint density at radius 3 is 2.40 bits per heavy atom. The van der Waals surface area contributed by atoms with Crippen molar-refractivity contribution in [3.05, 3.63) is 35.9 Å². The van der Waals surface area contributed by atoms with Crippen LogP contribution in [-0.4, -0.2) is 80.6 Å². The normalized spacial score (nSPS) is 24.0. The molecule has 30 heavy (non-hydrogen) atoms. The van der Waals surface area contributed by atoms with Crippen LogP contribution >= 0.6 is 0 Å². The van der Waals surface area contributed by atoms with Gasteiger partial charge in [-0.25, -0.2) is 4.79 Å². The van der Waals surface area contributed by atoms with Gasteiger partial charge in [-0.05, 0) is 25.5 Å². The average molecular weight is 418 g/mol. The van der Waals surface area contributed by atoms with Gasteiger partial charge >= 0.3 is 12.1 Å². The van der Waals surface area contributed by atoms with E-state index in [0.717, 1.165) is 9.80 Å². The van der Waals surface area contributed by atoms with Gasteiger partial charge in [-0.3, -0.25) is 24.1 Å². The van der Waals surface area contributed by atoms with Crippen molar-refractivity contribution >= 4 is 29.8 Å². The third-order valence-electron chi connectivity index (χ3n) is 5.28. The number of hydrogen-bond donors (Lipinski definition) is 4. The Labute approximate surface area is 171 Å². The maximum absolute atomic E-state index is 13.0. The molecule has 11 nitrogen and oxygen atoms in total. The first kappa shape index (κ1) is 21.1. The summed E-state index contributed by atoms with van der Waals surface area (Å²) in [5, 5.41) is 23.4. The number of fused-ring (bicyclic) bond motifs is 1. The number of benzene rings is 1. The van der Waals surface area contributed by atoms with E-state index in [9.17, 15) is 29.1 Å². The van der Waals surface area contributed by atoms with Crippen molar-refractivity contribution in [3.63, 3.8) is 0 Å². The number of carboxylic acid groups (broad SMARTS) is 2. The zero-order valence-electron chi connectivity index (χ0n) is 16.1. The molecule has 160 valence electrons. The highest BCUT2D eigenvalue weighted by Gasteiger charge is 2.52. The molecule has 2 heterocycles. The van der Waals surface area contributed by atoms with Crippen LogP contribution in [0.2, 0.25) is 0 Å². The lowest BCUT2D eigenvalue weighted by molar-refractivity contribution is -0.148. The molecule has 11 heteroatoms. The lowest BCUT2D eigenvalue weighted by Crippen LogP contribution is -2.62. The lowest BCUT2D eigenvalue weighted by Gasteiger charge is -2.42. The Hall–Kier alpha value is -3.63. The Balaban J connectivity index is 1.81. The highest BCUT2D eigenvalue weighted by Crippen LogP contribution is 2.31. The zero-order valence-corrected chi connectivity index (χ0v) is 16.1. The average Bonchev–Trinajstić information content (AvgIpc) is 3.03. The molecule has 0 radical (unpaired) electrons. The summed E-state index contributed by atoms with van der Waals surface area (Å²) in [5.41, 5.74) is 0.342. The molecule has 4 unspecified atom stereocenters. The summed E-state index contributed by atoms with van der Waals surface area (Å²) in [6.45, 7) is 1.29. The topological polar surface area (TPSA) is 156 Å². The minimum absolute atomic E-state index is 0.00265. The summed E-state index contributed by atoms with van der Waals surface area (Å²) >= 11 is 0. The number of aliphatic carboxylic acids is 1. The molecule has 2 aliphatic rings. The van der Waals surface area contributed by atoms with Crippen LogP contribution in [0.5, 0.6) is 0 Å². The number of rotatable bonds is 5. The number of nitrogens with zero attached hydrogens (tertiary/aromatic N) is 2. The van der Waals surface area contributed by atoms with Crippen LogP contribution in [0, 0.1) is 0 Å². The van der Waals surface area contributed by atoms with E-state index in [2.05, 4.69) is 10.6 Å². The van der Waals surface area contributed by atoms with E-state index >= 15 is 0 Å². The van der Waals surface area contributed by atoms with Crippen LogP contribution in [0.3, 0.4) is 0 Å². The van der Waals surface area contributed by atoms with Gasteiger partial charge in [0.15, 0.2) is 0 Å². The molecule has 4 N–H and O–H groups in total. The monoisotopic (exact) mass is 418 g/mol. The molecular formula is C19H22N4O7. The quantitative estimate of drug-likeness (QED) is 0.511. The predicted octanol–water partition coefficient (Wildman–Crippen LogP) is -0.315. The first-order valence-corrected chi connectivity index (χ1v) is 9.41. The Kier molecular flexibility index (Phi) is 5.90. The van der Waals surface area contributed by atoms with Crippen LogP contribution in [0.1, 0.15) is 30.1 Å². The number of nitrogens with one attached hydrogen (secondary N) is 2. The summed E-state index contributed by atoms with van der Waals surface area (Å²) in [6, 6.07) is 5.04. The van der Waals surface area contributed by atoms with Gasteiger partial charge in [-0.1, -0.05) is 18.2 Å². The molecule has 2 aliphatic heterocycles. The van der Waals surface area contributed by atoms with Crippen LogP contribution in [0.15, 0.2) is 30.3 Å². The maximum atomic E-state index is 13.0. The van der Waals surface area contributed by atoms with Gasteiger partial charge in [0.05, 0.1) is 0 Å². The Morgan fingerprint density at radius 1 is 1.13 bits per heavy atom. The van der Waals surface area contributed by atoms with E-state index < -0.39 is 54.1 Å². The minimum atomic E-state index is -1.24. The van der Waals surface area contributed by atoms with Crippen molar-refractivity contribution in [3.8, 4) is 0 Å². The van der Waals surface area contributed by atoms with Gasteiger partial charge < -0.3 is 25.7 Å². The molecule has 4 amide bonds. The standard InChI is InChI=1S/C19H22N4O7/c1-10(18(27)28)20-16(25)13-7-8-22(19(29)30)14-9-12(17(26)23(13)14)21-15(24)11-5-3-2-4-6-11/h2-6,10,12-14H,7-9H2,1H3,(H,20,25)(H,21,24)(H,27,28)(H,29,30). The summed E-state index contributed by atoms with van der Waals surface area (Å²) < 4.78 is 0. The van der Waals surface area contributed by atoms with Gasteiger partial charge in [0.1, 0.15) is 24.3 Å². The van der Waals surface area contributed by atoms with Gasteiger partial charge in [0, 0.05) is 18.5 Å². The fourth-order valence-electron chi connectivity index (χ4n) is 3.74. The first-order valence-electron chi connectivity index (χ1n) is 9.41.